The van der Waals surface area contributed by atoms with Gasteiger partial charge in [0.1, 0.15) is 11.9 Å². The summed E-state index contributed by atoms with van der Waals surface area (Å²) >= 11 is 0. The normalized spacial score (nSPS) is 20.6. The molecule has 182 valence electrons. The van der Waals surface area contributed by atoms with Crippen molar-refractivity contribution in [3.05, 3.63) is 59.7 Å². The Hall–Kier alpha value is -3.15. The third kappa shape index (κ3) is 7.44. The summed E-state index contributed by atoms with van der Waals surface area (Å²) in [6.07, 6.45) is 14.6. The predicted octanol–water partition coefficient (Wildman–Crippen LogP) is 5.01. The Kier molecular flexibility index (Phi) is 9.25. The molecule has 6 heteroatoms. The highest BCUT2D eigenvalue weighted by Crippen LogP contribution is 2.33. The van der Waals surface area contributed by atoms with Crippen molar-refractivity contribution in [1.82, 2.24) is 0 Å². The lowest BCUT2D eigenvalue weighted by Gasteiger charge is -2.31. The van der Waals surface area contributed by atoms with E-state index in [-0.39, 0.29) is 29.8 Å². The monoisotopic (exact) mass is 465 g/mol. The molecule has 2 aliphatic rings. The maximum absolute atomic E-state index is 13.0. The molecule has 0 unspecified atom stereocenters. The van der Waals surface area contributed by atoms with Gasteiger partial charge in [0.15, 0.2) is 11.5 Å². The zero-order chi connectivity index (χ0) is 24.5. The Morgan fingerprint density at radius 2 is 2.03 bits per heavy atom. The number of aryl methyl sites for hydroxylation is 1. The Labute approximate surface area is 202 Å². The number of carbonyl (C=O) groups is 2. The van der Waals surface area contributed by atoms with E-state index in [1.54, 1.807) is 18.2 Å². The Morgan fingerprint density at radius 3 is 2.71 bits per heavy atom. The second-order valence-electron chi connectivity index (χ2n) is 9.16. The highest BCUT2D eigenvalue weighted by atomic mass is 16.5. The molecule has 0 spiro atoms. The quantitative estimate of drug-likeness (QED) is 0.439. The number of ether oxygens (including phenoxy) is 2. The van der Waals surface area contributed by atoms with Crippen LogP contribution < -0.4 is 4.74 Å². The van der Waals surface area contributed by atoms with E-state index in [1.165, 1.54) is 14.0 Å². The molecule has 0 amide bonds. The number of ketones is 1. The Balaban J connectivity index is 1.70. The minimum atomic E-state index is -0.485. The number of phenols is 1. The molecule has 1 N–H and O–H groups in total. The molecule has 0 radical (unpaired) electrons. The van der Waals surface area contributed by atoms with Crippen LogP contribution in [0.2, 0.25) is 0 Å². The van der Waals surface area contributed by atoms with Gasteiger partial charge in [0.2, 0.25) is 0 Å². The summed E-state index contributed by atoms with van der Waals surface area (Å²) in [4.78, 5) is 29.3. The van der Waals surface area contributed by atoms with Crippen molar-refractivity contribution >= 4 is 18.0 Å². The third-order valence-corrected chi connectivity index (χ3v) is 6.56. The van der Waals surface area contributed by atoms with E-state index in [9.17, 15) is 14.7 Å². The minimum absolute atomic E-state index is 0.0148. The predicted molar refractivity (Wildman–Crippen MR) is 133 cm³/mol. The highest BCUT2D eigenvalue weighted by Gasteiger charge is 2.31. The number of esters is 1. The second kappa shape index (κ2) is 12.4. The molecule has 0 bridgehead atoms. The Morgan fingerprint density at radius 1 is 1.24 bits per heavy atom. The maximum Gasteiger partial charge on any atom is 0.302 e. The fourth-order valence-corrected chi connectivity index (χ4v) is 4.61. The van der Waals surface area contributed by atoms with Crippen molar-refractivity contribution in [2.24, 2.45) is 22.7 Å². The largest absolute Gasteiger partial charge is 0.504 e. The molecule has 4 atom stereocenters. The molecule has 1 heterocycles. The number of aromatic hydroxyl groups is 1. The zero-order valence-electron chi connectivity index (χ0n) is 20.3. The first kappa shape index (κ1) is 25.5. The van der Waals surface area contributed by atoms with Crippen LogP contribution in [-0.4, -0.2) is 42.8 Å². The van der Waals surface area contributed by atoms with Gasteiger partial charge in [-0.3, -0.25) is 14.6 Å². The standard InChI is InChI=1S/C28H35NO5/c1-19-6-4-5-7-23(19)16-24(14-22-12-13-29-18-22)27(34-20(2)30)17-25(31)10-8-21-9-11-26(32)28(15-21)33-3/h4-7,9,11-12,15,18-19,23-24,27,32H,8,10,13-14,16-17H2,1-3H3/t19-,23+,24-,27-/m0/s1. The third-order valence-electron chi connectivity index (χ3n) is 6.56. The van der Waals surface area contributed by atoms with Crippen molar-refractivity contribution in [2.45, 2.75) is 52.1 Å². The highest BCUT2D eigenvalue weighted by molar-refractivity contribution is 5.81. The van der Waals surface area contributed by atoms with Crippen molar-refractivity contribution in [2.75, 3.05) is 13.7 Å². The molecule has 0 saturated carbocycles. The van der Waals surface area contributed by atoms with Crippen LogP contribution in [0.1, 0.15) is 45.1 Å². The summed E-state index contributed by atoms with van der Waals surface area (Å²) in [6, 6.07) is 5.10. The molecular weight excluding hydrogens is 430 g/mol. The number of rotatable bonds is 12. The van der Waals surface area contributed by atoms with Gasteiger partial charge in [-0.2, -0.15) is 0 Å². The van der Waals surface area contributed by atoms with Crippen LogP contribution in [0, 0.1) is 17.8 Å². The molecule has 1 aromatic carbocycles. The molecule has 6 nitrogen and oxygen atoms in total. The molecule has 0 aromatic heterocycles. The second-order valence-corrected chi connectivity index (χ2v) is 9.16. The first-order chi connectivity index (χ1) is 16.4. The zero-order valence-corrected chi connectivity index (χ0v) is 20.3. The average Bonchev–Trinajstić information content (AvgIpc) is 3.32. The molecule has 0 saturated heterocycles. The van der Waals surface area contributed by atoms with E-state index in [0.29, 0.717) is 37.0 Å². The molecular formula is C28H35NO5. The van der Waals surface area contributed by atoms with Gasteiger partial charge >= 0.3 is 5.97 Å². The van der Waals surface area contributed by atoms with E-state index in [4.69, 9.17) is 9.47 Å². The van der Waals surface area contributed by atoms with Crippen molar-refractivity contribution in [1.29, 1.82) is 0 Å². The summed E-state index contributed by atoms with van der Waals surface area (Å²) in [6.45, 7) is 4.27. The van der Waals surface area contributed by atoms with E-state index < -0.39 is 6.10 Å². The SMILES string of the molecule is COc1cc(CCC(=O)C[C@H](OC(C)=O)[C@@H](CC2=CCN=C2)C[C@H]2C=CC=C[C@@H]2C)ccc1O. The first-order valence-electron chi connectivity index (χ1n) is 11.9. The number of carbonyl (C=O) groups excluding carboxylic acids is 2. The number of allylic oxidation sites excluding steroid dienone is 5. The summed E-state index contributed by atoms with van der Waals surface area (Å²) in [5.74, 6) is 0.861. The average molecular weight is 466 g/mol. The van der Waals surface area contributed by atoms with Crippen LogP contribution in [0.15, 0.2) is 59.1 Å². The van der Waals surface area contributed by atoms with E-state index >= 15 is 0 Å². The van der Waals surface area contributed by atoms with Gasteiger partial charge in [-0.1, -0.05) is 43.4 Å². The molecule has 1 aromatic rings. The summed E-state index contributed by atoms with van der Waals surface area (Å²) < 4.78 is 10.9. The van der Waals surface area contributed by atoms with E-state index in [2.05, 4.69) is 42.3 Å². The molecule has 34 heavy (non-hydrogen) atoms. The van der Waals surface area contributed by atoms with Crippen molar-refractivity contribution in [3.8, 4) is 11.5 Å². The summed E-state index contributed by atoms with van der Waals surface area (Å²) in [7, 11) is 1.50. The number of benzene rings is 1. The minimum Gasteiger partial charge on any atom is -0.504 e. The smallest absolute Gasteiger partial charge is 0.302 e. The van der Waals surface area contributed by atoms with Gasteiger partial charge in [-0.25, -0.2) is 0 Å². The van der Waals surface area contributed by atoms with Gasteiger partial charge in [0.05, 0.1) is 13.7 Å². The van der Waals surface area contributed by atoms with Crippen LogP contribution in [0.5, 0.6) is 11.5 Å². The van der Waals surface area contributed by atoms with Gasteiger partial charge in [0.25, 0.3) is 0 Å². The molecule has 0 fully saturated rings. The van der Waals surface area contributed by atoms with Gasteiger partial charge in [-0.15, -0.1) is 0 Å². The van der Waals surface area contributed by atoms with Crippen LogP contribution in [0.4, 0.5) is 0 Å². The van der Waals surface area contributed by atoms with Gasteiger partial charge < -0.3 is 14.6 Å². The lowest BCUT2D eigenvalue weighted by molar-refractivity contribution is -0.151. The number of phenolic OH excluding ortho intramolecular Hbond substituents is 1. The molecule has 1 aliphatic carbocycles. The number of Topliss-reactive ketones (excluding diaryl/α,β-unsaturated/α-hetero) is 1. The topological polar surface area (TPSA) is 85.2 Å². The van der Waals surface area contributed by atoms with E-state index in [1.807, 2.05) is 6.21 Å². The van der Waals surface area contributed by atoms with Crippen molar-refractivity contribution < 1.29 is 24.2 Å². The number of methoxy groups -OCH3 is 1. The maximum atomic E-state index is 13.0. The Bertz CT molecular complexity index is 991. The number of nitrogens with zero attached hydrogens (tertiary/aromatic N) is 1. The number of aliphatic imine (C=N–C) groups is 1. The van der Waals surface area contributed by atoms with Crippen LogP contribution in [0.25, 0.3) is 0 Å². The summed E-state index contributed by atoms with van der Waals surface area (Å²) in [5.41, 5.74) is 2.04. The number of hydrogen-bond donors (Lipinski definition) is 1. The van der Waals surface area contributed by atoms with E-state index in [0.717, 1.165) is 24.0 Å². The van der Waals surface area contributed by atoms with Crippen LogP contribution in [-0.2, 0) is 20.7 Å². The fourth-order valence-electron chi connectivity index (χ4n) is 4.61. The molecule has 3 rings (SSSR count). The van der Waals surface area contributed by atoms with Crippen molar-refractivity contribution in [3.63, 3.8) is 0 Å². The van der Waals surface area contributed by atoms with Crippen LogP contribution >= 0.6 is 0 Å². The van der Waals surface area contributed by atoms with Crippen LogP contribution in [0.3, 0.4) is 0 Å². The summed E-state index contributed by atoms with van der Waals surface area (Å²) in [5, 5.41) is 9.78. The van der Waals surface area contributed by atoms with Gasteiger partial charge in [-0.05, 0) is 54.4 Å². The number of hydrogen-bond acceptors (Lipinski definition) is 6. The first-order valence-corrected chi connectivity index (χ1v) is 11.9. The lowest BCUT2D eigenvalue weighted by Crippen LogP contribution is -2.32. The lowest BCUT2D eigenvalue weighted by atomic mass is 9.78. The fraction of sp³-hybridized carbons (Fsp3) is 0.464. The molecule has 1 aliphatic heterocycles. The van der Waals surface area contributed by atoms with Gasteiger partial charge in [0, 0.05) is 31.9 Å².